The topological polar surface area (TPSA) is 61.9 Å². The van der Waals surface area contributed by atoms with Gasteiger partial charge in [0.1, 0.15) is 5.82 Å². The van der Waals surface area contributed by atoms with Gasteiger partial charge in [-0.15, -0.1) is 0 Å². The molecular formula is C15H15F3N4O. The molecule has 2 aromatic rings. The van der Waals surface area contributed by atoms with Gasteiger partial charge >= 0.3 is 6.18 Å². The van der Waals surface area contributed by atoms with Gasteiger partial charge in [0.15, 0.2) is 0 Å². The van der Waals surface area contributed by atoms with E-state index in [1.807, 2.05) is 0 Å². The summed E-state index contributed by atoms with van der Waals surface area (Å²) in [5.41, 5.74) is 1.51. The highest BCUT2D eigenvalue weighted by atomic mass is 19.4. The van der Waals surface area contributed by atoms with E-state index in [2.05, 4.69) is 15.2 Å². The smallest absolute Gasteiger partial charge is 0.297 e. The number of carbonyl (C=O) groups is 1. The van der Waals surface area contributed by atoms with Crippen molar-refractivity contribution in [1.29, 1.82) is 0 Å². The summed E-state index contributed by atoms with van der Waals surface area (Å²) in [5.74, 6) is -0.441. The first kappa shape index (κ1) is 15.5. The van der Waals surface area contributed by atoms with Gasteiger partial charge in [0.25, 0.3) is 0 Å². The van der Waals surface area contributed by atoms with Crippen LogP contribution >= 0.6 is 0 Å². The van der Waals surface area contributed by atoms with Crippen molar-refractivity contribution in [2.45, 2.75) is 25.4 Å². The molecule has 0 saturated carbocycles. The standard InChI is InChI=1S/C15H15F3N4O/c16-15(17,18)9-10-3-6-22(14(23)7-10)13-8-12(20-21-13)11-1-4-19-5-2-11/h1-2,4-5,8,10H,3,6-7,9H2,(H,20,21). The number of alkyl halides is 3. The molecule has 3 rings (SSSR count). The van der Waals surface area contributed by atoms with E-state index in [1.54, 1.807) is 30.6 Å². The van der Waals surface area contributed by atoms with Crippen molar-refractivity contribution < 1.29 is 18.0 Å². The first-order valence-electron chi connectivity index (χ1n) is 7.25. The molecule has 0 spiro atoms. The number of aromatic amines is 1. The number of anilines is 1. The molecule has 0 aliphatic carbocycles. The lowest BCUT2D eigenvalue weighted by Gasteiger charge is -2.30. The zero-order chi connectivity index (χ0) is 16.4. The molecule has 1 N–H and O–H groups in total. The summed E-state index contributed by atoms with van der Waals surface area (Å²) in [6.45, 7) is 0.261. The van der Waals surface area contributed by atoms with Crippen molar-refractivity contribution in [2.24, 2.45) is 5.92 Å². The summed E-state index contributed by atoms with van der Waals surface area (Å²) in [7, 11) is 0. The molecular weight excluding hydrogens is 309 g/mol. The number of nitrogens with zero attached hydrogens (tertiary/aromatic N) is 3. The maximum atomic E-state index is 12.4. The highest BCUT2D eigenvalue weighted by Crippen LogP contribution is 2.33. The molecule has 8 heteroatoms. The van der Waals surface area contributed by atoms with Gasteiger partial charge in [0.05, 0.1) is 5.69 Å². The minimum absolute atomic E-state index is 0.0941. The van der Waals surface area contributed by atoms with Crippen LogP contribution in [0.4, 0.5) is 19.0 Å². The molecule has 0 aromatic carbocycles. The normalized spacial score (nSPS) is 19.2. The van der Waals surface area contributed by atoms with Crippen molar-refractivity contribution >= 4 is 11.7 Å². The van der Waals surface area contributed by atoms with Crippen molar-refractivity contribution in [3.8, 4) is 11.3 Å². The van der Waals surface area contributed by atoms with Crippen molar-refractivity contribution in [3.05, 3.63) is 30.6 Å². The van der Waals surface area contributed by atoms with Gasteiger partial charge in [-0.1, -0.05) is 0 Å². The monoisotopic (exact) mass is 324 g/mol. The lowest BCUT2D eigenvalue weighted by Crippen LogP contribution is -2.40. The third kappa shape index (κ3) is 3.69. The van der Waals surface area contributed by atoms with Crippen molar-refractivity contribution in [1.82, 2.24) is 15.2 Å². The van der Waals surface area contributed by atoms with E-state index in [9.17, 15) is 18.0 Å². The van der Waals surface area contributed by atoms with Crippen LogP contribution in [0.5, 0.6) is 0 Å². The lowest BCUT2D eigenvalue weighted by molar-refractivity contribution is -0.148. The number of hydrogen-bond acceptors (Lipinski definition) is 3. The number of hydrogen-bond donors (Lipinski definition) is 1. The Morgan fingerprint density at radius 2 is 2.04 bits per heavy atom. The number of nitrogens with one attached hydrogen (secondary N) is 1. The number of amides is 1. The highest BCUT2D eigenvalue weighted by molar-refractivity contribution is 5.93. The summed E-state index contributed by atoms with van der Waals surface area (Å²) >= 11 is 0. The summed E-state index contributed by atoms with van der Waals surface area (Å²) in [4.78, 5) is 17.5. The summed E-state index contributed by atoms with van der Waals surface area (Å²) < 4.78 is 37.3. The first-order valence-corrected chi connectivity index (χ1v) is 7.25. The SMILES string of the molecule is O=C1CC(CC(F)(F)F)CCN1c1cc(-c2ccncc2)n[nH]1. The average molecular weight is 324 g/mol. The number of carbonyl (C=O) groups excluding carboxylic acids is 1. The summed E-state index contributed by atoms with van der Waals surface area (Å²) in [6.07, 6.45) is -1.62. The quantitative estimate of drug-likeness (QED) is 0.943. The molecule has 1 atom stereocenters. The number of piperidine rings is 1. The van der Waals surface area contributed by atoms with Crippen LogP contribution in [0, 0.1) is 5.92 Å². The summed E-state index contributed by atoms with van der Waals surface area (Å²) in [6, 6.07) is 5.30. The van der Waals surface area contributed by atoms with E-state index >= 15 is 0 Å². The molecule has 2 aromatic heterocycles. The molecule has 5 nitrogen and oxygen atoms in total. The zero-order valence-corrected chi connectivity index (χ0v) is 12.2. The highest BCUT2D eigenvalue weighted by Gasteiger charge is 2.36. The van der Waals surface area contributed by atoms with Crippen LogP contribution in [0.3, 0.4) is 0 Å². The van der Waals surface area contributed by atoms with Gasteiger partial charge in [-0.25, -0.2) is 0 Å². The molecule has 0 radical (unpaired) electrons. The molecule has 1 aliphatic rings. The van der Waals surface area contributed by atoms with E-state index in [1.165, 1.54) is 4.90 Å². The minimum atomic E-state index is -4.23. The Balaban J connectivity index is 1.69. The van der Waals surface area contributed by atoms with Crippen molar-refractivity contribution in [2.75, 3.05) is 11.4 Å². The number of H-pyrrole nitrogens is 1. The molecule has 122 valence electrons. The van der Waals surface area contributed by atoms with E-state index in [0.717, 1.165) is 5.56 Å². The fourth-order valence-electron chi connectivity index (χ4n) is 2.77. The third-order valence-corrected chi connectivity index (χ3v) is 3.88. The Hall–Kier alpha value is -2.38. The van der Waals surface area contributed by atoms with Crippen LogP contribution in [0.2, 0.25) is 0 Å². The number of pyridine rings is 1. The molecule has 3 heterocycles. The van der Waals surface area contributed by atoms with E-state index in [0.29, 0.717) is 17.9 Å². The van der Waals surface area contributed by atoms with E-state index in [-0.39, 0.29) is 18.9 Å². The van der Waals surface area contributed by atoms with Crippen LogP contribution < -0.4 is 4.90 Å². The molecule has 1 unspecified atom stereocenters. The number of halogens is 3. The third-order valence-electron chi connectivity index (χ3n) is 3.88. The fourth-order valence-corrected chi connectivity index (χ4v) is 2.77. The first-order chi connectivity index (χ1) is 10.9. The van der Waals surface area contributed by atoms with Gasteiger partial charge < -0.3 is 0 Å². The van der Waals surface area contributed by atoms with Crippen LogP contribution in [-0.2, 0) is 4.79 Å². The van der Waals surface area contributed by atoms with E-state index in [4.69, 9.17) is 0 Å². The maximum absolute atomic E-state index is 12.4. The Morgan fingerprint density at radius 1 is 1.30 bits per heavy atom. The van der Waals surface area contributed by atoms with Crippen LogP contribution in [0.1, 0.15) is 19.3 Å². The van der Waals surface area contributed by atoms with Crippen LogP contribution in [0.15, 0.2) is 30.6 Å². The Morgan fingerprint density at radius 3 is 2.70 bits per heavy atom. The molecule has 0 bridgehead atoms. The maximum Gasteiger partial charge on any atom is 0.389 e. The Bertz CT molecular complexity index is 684. The molecule has 1 fully saturated rings. The van der Waals surface area contributed by atoms with E-state index < -0.39 is 18.5 Å². The fraction of sp³-hybridized carbons (Fsp3) is 0.400. The number of aromatic nitrogens is 3. The second-order valence-electron chi connectivity index (χ2n) is 5.60. The molecule has 1 aliphatic heterocycles. The minimum Gasteiger partial charge on any atom is -0.297 e. The summed E-state index contributed by atoms with van der Waals surface area (Å²) in [5, 5.41) is 6.93. The van der Waals surface area contributed by atoms with Gasteiger partial charge in [0.2, 0.25) is 5.91 Å². The van der Waals surface area contributed by atoms with Gasteiger partial charge in [0, 0.05) is 43.4 Å². The lowest BCUT2D eigenvalue weighted by atomic mass is 9.93. The predicted molar refractivity (Wildman–Crippen MR) is 77.6 cm³/mol. The molecule has 1 amide bonds. The van der Waals surface area contributed by atoms with Gasteiger partial charge in [-0.2, -0.15) is 18.3 Å². The second-order valence-corrected chi connectivity index (χ2v) is 5.60. The number of rotatable bonds is 3. The molecule has 1 saturated heterocycles. The van der Waals surface area contributed by atoms with Crippen LogP contribution in [-0.4, -0.2) is 33.8 Å². The predicted octanol–water partition coefficient (Wildman–Crippen LogP) is 3.17. The average Bonchev–Trinajstić information content (AvgIpc) is 2.96. The van der Waals surface area contributed by atoms with Gasteiger partial charge in [-0.3, -0.25) is 19.8 Å². The molecule has 23 heavy (non-hydrogen) atoms. The van der Waals surface area contributed by atoms with Crippen LogP contribution in [0.25, 0.3) is 11.3 Å². The Labute approximate surface area is 130 Å². The largest absolute Gasteiger partial charge is 0.389 e. The van der Waals surface area contributed by atoms with Gasteiger partial charge in [-0.05, 0) is 24.5 Å². The zero-order valence-electron chi connectivity index (χ0n) is 12.2. The van der Waals surface area contributed by atoms with Crippen molar-refractivity contribution in [3.63, 3.8) is 0 Å². The second kappa shape index (κ2) is 6.02. The Kier molecular flexibility index (Phi) is 4.06.